The molecule has 0 aromatic carbocycles. The Balaban J connectivity index is 1.76. The number of carbonyl (C=O) groups excluding carboxylic acids is 1. The molecule has 2 rings (SSSR count). The van der Waals surface area contributed by atoms with E-state index < -0.39 is 0 Å². The van der Waals surface area contributed by atoms with Crippen LogP contribution in [0.1, 0.15) is 47.0 Å². The minimum Gasteiger partial charge on any atom is -0.353 e. The van der Waals surface area contributed by atoms with Crippen LogP contribution in [-0.2, 0) is 4.79 Å². The maximum absolute atomic E-state index is 12.1. The lowest BCUT2D eigenvalue weighted by Crippen LogP contribution is -2.60. The first-order chi connectivity index (χ1) is 7.88. The lowest BCUT2D eigenvalue weighted by Gasteiger charge is -2.47. The van der Waals surface area contributed by atoms with Crippen LogP contribution in [0.15, 0.2) is 0 Å². The maximum atomic E-state index is 12.1. The summed E-state index contributed by atoms with van der Waals surface area (Å²) in [6.07, 6.45) is 3.71. The number of nitrogens with one attached hydrogen (secondary N) is 1. The molecule has 17 heavy (non-hydrogen) atoms. The molecule has 3 nitrogen and oxygen atoms in total. The highest BCUT2D eigenvalue weighted by Crippen LogP contribution is 2.28. The molecule has 2 atom stereocenters. The summed E-state index contributed by atoms with van der Waals surface area (Å²) >= 11 is 0. The predicted molar refractivity (Wildman–Crippen MR) is 69.8 cm³/mol. The number of rotatable bonds is 2. The van der Waals surface area contributed by atoms with Crippen LogP contribution >= 0.6 is 0 Å². The van der Waals surface area contributed by atoms with Crippen molar-refractivity contribution < 1.29 is 4.79 Å². The second-order valence-corrected chi connectivity index (χ2v) is 6.80. The minimum absolute atomic E-state index is 0.206. The van der Waals surface area contributed by atoms with E-state index in [1.807, 2.05) is 0 Å². The Labute approximate surface area is 105 Å². The molecule has 1 aliphatic heterocycles. The molecule has 2 fully saturated rings. The van der Waals surface area contributed by atoms with Crippen molar-refractivity contribution in [3.8, 4) is 0 Å². The molecule has 98 valence electrons. The van der Waals surface area contributed by atoms with Crippen molar-refractivity contribution in [1.82, 2.24) is 10.2 Å². The molecule has 0 bridgehead atoms. The number of hydrogen-bond donors (Lipinski definition) is 1. The molecule has 1 saturated heterocycles. The summed E-state index contributed by atoms with van der Waals surface area (Å²) in [4.78, 5) is 14.4. The van der Waals surface area contributed by atoms with E-state index in [2.05, 4.69) is 37.9 Å². The van der Waals surface area contributed by atoms with E-state index in [4.69, 9.17) is 0 Å². The van der Waals surface area contributed by atoms with E-state index in [-0.39, 0.29) is 17.4 Å². The molecule has 1 aliphatic carbocycles. The van der Waals surface area contributed by atoms with Gasteiger partial charge in [-0.3, -0.25) is 9.69 Å². The number of nitrogens with zero attached hydrogens (tertiary/aromatic N) is 1. The second kappa shape index (κ2) is 4.60. The van der Waals surface area contributed by atoms with Gasteiger partial charge in [-0.25, -0.2) is 0 Å². The van der Waals surface area contributed by atoms with Crippen molar-refractivity contribution in [1.29, 1.82) is 0 Å². The van der Waals surface area contributed by atoms with Gasteiger partial charge < -0.3 is 5.32 Å². The van der Waals surface area contributed by atoms with Crippen LogP contribution in [0.3, 0.4) is 0 Å². The minimum atomic E-state index is 0.206. The molecule has 0 aromatic rings. The fraction of sp³-hybridized carbons (Fsp3) is 0.929. The van der Waals surface area contributed by atoms with Gasteiger partial charge in [0.15, 0.2) is 0 Å². The second-order valence-electron chi connectivity index (χ2n) is 6.80. The van der Waals surface area contributed by atoms with Crippen LogP contribution in [0.2, 0.25) is 0 Å². The van der Waals surface area contributed by atoms with E-state index in [1.54, 1.807) is 0 Å². The number of likely N-dealkylation sites (tertiary alicyclic amines) is 1. The van der Waals surface area contributed by atoms with Crippen LogP contribution in [0, 0.1) is 11.8 Å². The number of amides is 1. The van der Waals surface area contributed by atoms with Gasteiger partial charge in [-0.1, -0.05) is 13.3 Å². The Kier molecular flexibility index (Phi) is 3.48. The molecule has 1 saturated carbocycles. The van der Waals surface area contributed by atoms with Gasteiger partial charge in [0, 0.05) is 24.7 Å². The molecule has 0 spiro atoms. The van der Waals surface area contributed by atoms with Crippen LogP contribution in [0.25, 0.3) is 0 Å². The zero-order valence-electron chi connectivity index (χ0n) is 11.6. The maximum Gasteiger partial charge on any atom is 0.225 e. The van der Waals surface area contributed by atoms with Crippen molar-refractivity contribution in [2.45, 2.75) is 58.5 Å². The van der Waals surface area contributed by atoms with Crippen molar-refractivity contribution >= 4 is 5.91 Å². The molecule has 0 aromatic heterocycles. The predicted octanol–water partition coefficient (Wildman–Crippen LogP) is 2.02. The van der Waals surface area contributed by atoms with Crippen molar-refractivity contribution in [2.75, 3.05) is 13.1 Å². The third-order valence-corrected chi connectivity index (χ3v) is 4.39. The highest BCUT2D eigenvalue weighted by Gasteiger charge is 2.39. The van der Waals surface area contributed by atoms with E-state index >= 15 is 0 Å². The lowest BCUT2D eigenvalue weighted by molar-refractivity contribution is -0.133. The highest BCUT2D eigenvalue weighted by molar-refractivity contribution is 5.80. The Bertz CT molecular complexity index is 289. The topological polar surface area (TPSA) is 32.3 Å². The summed E-state index contributed by atoms with van der Waals surface area (Å²) in [6, 6.07) is 0.436. The zero-order chi connectivity index (χ0) is 12.6. The van der Waals surface area contributed by atoms with Crippen LogP contribution in [0.4, 0.5) is 0 Å². The SMILES string of the molecule is C[C@H]1CCC[C@@H]1NC(=O)C1CN(C(C)(C)C)C1. The summed E-state index contributed by atoms with van der Waals surface area (Å²) in [5.41, 5.74) is 0.206. The van der Waals surface area contributed by atoms with Gasteiger partial charge >= 0.3 is 0 Å². The lowest BCUT2D eigenvalue weighted by atomic mass is 9.91. The highest BCUT2D eigenvalue weighted by atomic mass is 16.2. The van der Waals surface area contributed by atoms with E-state index in [0.29, 0.717) is 12.0 Å². The molecule has 0 unspecified atom stereocenters. The fourth-order valence-corrected chi connectivity index (χ4v) is 2.85. The quantitative estimate of drug-likeness (QED) is 0.798. The van der Waals surface area contributed by atoms with Crippen LogP contribution in [0.5, 0.6) is 0 Å². The van der Waals surface area contributed by atoms with Gasteiger partial charge in [-0.15, -0.1) is 0 Å². The molecule has 1 N–H and O–H groups in total. The van der Waals surface area contributed by atoms with Crippen LogP contribution in [-0.4, -0.2) is 35.5 Å². The van der Waals surface area contributed by atoms with Crippen molar-refractivity contribution in [3.05, 3.63) is 0 Å². The Morgan fingerprint density at radius 3 is 2.35 bits per heavy atom. The Morgan fingerprint density at radius 1 is 1.24 bits per heavy atom. The van der Waals surface area contributed by atoms with Crippen LogP contribution < -0.4 is 5.32 Å². The van der Waals surface area contributed by atoms with Gasteiger partial charge in [0.25, 0.3) is 0 Å². The largest absolute Gasteiger partial charge is 0.353 e. The smallest absolute Gasteiger partial charge is 0.225 e. The van der Waals surface area contributed by atoms with Gasteiger partial charge in [0.05, 0.1) is 5.92 Å². The average molecular weight is 238 g/mol. The Morgan fingerprint density at radius 2 is 1.88 bits per heavy atom. The zero-order valence-corrected chi connectivity index (χ0v) is 11.6. The summed E-state index contributed by atoms with van der Waals surface area (Å²) in [7, 11) is 0. The normalized spacial score (nSPS) is 31.3. The summed E-state index contributed by atoms with van der Waals surface area (Å²) in [5, 5.41) is 3.24. The summed E-state index contributed by atoms with van der Waals surface area (Å²) < 4.78 is 0. The van der Waals surface area contributed by atoms with Gasteiger partial charge in [-0.05, 0) is 39.5 Å². The van der Waals surface area contributed by atoms with E-state index in [9.17, 15) is 4.79 Å². The van der Waals surface area contributed by atoms with Crippen molar-refractivity contribution in [2.24, 2.45) is 11.8 Å². The summed E-state index contributed by atoms with van der Waals surface area (Å²) in [5.74, 6) is 1.17. The van der Waals surface area contributed by atoms with E-state index in [1.165, 1.54) is 19.3 Å². The monoisotopic (exact) mass is 238 g/mol. The number of carbonyl (C=O) groups is 1. The molecule has 1 heterocycles. The van der Waals surface area contributed by atoms with Gasteiger partial charge in [0.2, 0.25) is 5.91 Å². The third-order valence-electron chi connectivity index (χ3n) is 4.39. The molecule has 2 aliphatic rings. The molecule has 3 heteroatoms. The number of hydrogen-bond acceptors (Lipinski definition) is 2. The third kappa shape index (κ3) is 2.82. The first-order valence-electron chi connectivity index (χ1n) is 6.93. The first kappa shape index (κ1) is 12.9. The standard InChI is InChI=1S/C14H26N2O/c1-10-6-5-7-12(10)15-13(17)11-8-16(9-11)14(2,3)4/h10-12H,5-9H2,1-4H3,(H,15,17)/t10-,12-/m0/s1. The molecule has 1 amide bonds. The van der Waals surface area contributed by atoms with Gasteiger partial charge in [0.1, 0.15) is 0 Å². The summed E-state index contributed by atoms with van der Waals surface area (Å²) in [6.45, 7) is 10.7. The molecular weight excluding hydrogens is 212 g/mol. The molecular formula is C14H26N2O. The van der Waals surface area contributed by atoms with Gasteiger partial charge in [-0.2, -0.15) is 0 Å². The average Bonchev–Trinajstić information content (AvgIpc) is 2.46. The molecule has 0 radical (unpaired) electrons. The fourth-order valence-electron chi connectivity index (χ4n) is 2.85. The van der Waals surface area contributed by atoms with Crippen molar-refractivity contribution in [3.63, 3.8) is 0 Å². The first-order valence-corrected chi connectivity index (χ1v) is 6.93. The van der Waals surface area contributed by atoms with E-state index in [0.717, 1.165) is 13.1 Å². The Hall–Kier alpha value is -0.570.